The summed E-state index contributed by atoms with van der Waals surface area (Å²) in [5, 5.41) is 2.91. The van der Waals surface area contributed by atoms with Gasteiger partial charge in [-0.3, -0.25) is 4.79 Å². The smallest absolute Gasteiger partial charge is 0.306 e. The number of ether oxygens (including phenoxy) is 2. The van der Waals surface area contributed by atoms with Crippen molar-refractivity contribution in [2.24, 2.45) is 0 Å². The first kappa shape index (κ1) is 14.5. The number of nitrogens with zero attached hydrogens (tertiary/aromatic N) is 1. The van der Waals surface area contributed by atoms with Crippen LogP contribution in [0.3, 0.4) is 0 Å². The molecule has 0 saturated heterocycles. The molecule has 106 valence electrons. The van der Waals surface area contributed by atoms with Crippen molar-refractivity contribution in [3.8, 4) is 16.3 Å². The first-order valence-electron chi connectivity index (χ1n) is 6.47. The highest BCUT2D eigenvalue weighted by Gasteiger charge is 2.08. The highest BCUT2D eigenvalue weighted by Crippen LogP contribution is 2.27. The summed E-state index contributed by atoms with van der Waals surface area (Å²) >= 11 is 1.57. The average molecular weight is 291 g/mol. The third-order valence-corrected chi connectivity index (χ3v) is 3.70. The average Bonchev–Trinajstić information content (AvgIpc) is 2.94. The fourth-order valence-corrected chi connectivity index (χ4v) is 2.63. The van der Waals surface area contributed by atoms with Gasteiger partial charge in [-0.2, -0.15) is 0 Å². The van der Waals surface area contributed by atoms with E-state index in [0.717, 1.165) is 22.0 Å². The Kier molecular flexibility index (Phi) is 5.12. The molecule has 1 aromatic heterocycles. The summed E-state index contributed by atoms with van der Waals surface area (Å²) in [7, 11) is 1.64. The number of benzene rings is 1. The van der Waals surface area contributed by atoms with E-state index in [4.69, 9.17) is 9.47 Å². The molecule has 5 heteroatoms. The molecular formula is C15H17NO3S. The van der Waals surface area contributed by atoms with Crippen molar-refractivity contribution in [2.75, 3.05) is 13.7 Å². The molecule has 0 fully saturated rings. The van der Waals surface area contributed by atoms with E-state index in [1.807, 2.05) is 36.6 Å². The highest BCUT2D eigenvalue weighted by molar-refractivity contribution is 7.13. The molecule has 0 bridgehead atoms. The third kappa shape index (κ3) is 3.81. The van der Waals surface area contributed by atoms with E-state index < -0.39 is 0 Å². The van der Waals surface area contributed by atoms with Gasteiger partial charge in [-0.05, 0) is 19.1 Å². The van der Waals surface area contributed by atoms with Crippen LogP contribution in [0.5, 0.6) is 5.75 Å². The van der Waals surface area contributed by atoms with Crippen LogP contribution < -0.4 is 4.74 Å². The lowest BCUT2D eigenvalue weighted by Gasteiger charge is -2.01. The molecule has 0 saturated carbocycles. The van der Waals surface area contributed by atoms with Gasteiger partial charge in [-0.15, -0.1) is 11.3 Å². The normalized spacial score (nSPS) is 10.3. The van der Waals surface area contributed by atoms with Crippen molar-refractivity contribution in [1.82, 2.24) is 4.98 Å². The van der Waals surface area contributed by atoms with E-state index in [1.165, 1.54) is 0 Å². The number of hydrogen-bond donors (Lipinski definition) is 0. The van der Waals surface area contributed by atoms with E-state index in [1.54, 1.807) is 18.4 Å². The van der Waals surface area contributed by atoms with E-state index in [0.29, 0.717) is 19.4 Å². The molecule has 20 heavy (non-hydrogen) atoms. The minimum Gasteiger partial charge on any atom is -0.497 e. The third-order valence-electron chi connectivity index (χ3n) is 2.76. The molecule has 0 aliphatic carbocycles. The van der Waals surface area contributed by atoms with E-state index in [9.17, 15) is 4.79 Å². The van der Waals surface area contributed by atoms with Gasteiger partial charge < -0.3 is 9.47 Å². The number of hydrogen-bond acceptors (Lipinski definition) is 5. The quantitative estimate of drug-likeness (QED) is 0.766. The SMILES string of the molecule is CCOC(=O)CCc1csc(-c2cccc(OC)c2)n1. The summed E-state index contributed by atoms with van der Waals surface area (Å²) in [6, 6.07) is 7.79. The van der Waals surface area contributed by atoms with Gasteiger partial charge in [-0.1, -0.05) is 12.1 Å². The molecule has 1 heterocycles. The van der Waals surface area contributed by atoms with Crippen LogP contribution in [0.15, 0.2) is 29.6 Å². The minimum absolute atomic E-state index is 0.177. The summed E-state index contributed by atoms with van der Waals surface area (Å²) < 4.78 is 10.1. The molecule has 2 aromatic rings. The lowest BCUT2D eigenvalue weighted by atomic mass is 10.2. The summed E-state index contributed by atoms with van der Waals surface area (Å²) in [5.74, 6) is 0.634. The summed E-state index contributed by atoms with van der Waals surface area (Å²) in [4.78, 5) is 15.9. The van der Waals surface area contributed by atoms with Crippen LogP contribution >= 0.6 is 11.3 Å². The van der Waals surface area contributed by atoms with Crippen molar-refractivity contribution in [1.29, 1.82) is 0 Å². The van der Waals surface area contributed by atoms with E-state index in [-0.39, 0.29) is 5.97 Å². The van der Waals surface area contributed by atoms with Crippen molar-refractivity contribution in [3.05, 3.63) is 35.3 Å². The number of carbonyl (C=O) groups is 1. The van der Waals surface area contributed by atoms with Gasteiger partial charge in [0.2, 0.25) is 0 Å². The van der Waals surface area contributed by atoms with Crippen LogP contribution in [0.25, 0.3) is 10.6 Å². The first-order valence-corrected chi connectivity index (χ1v) is 7.35. The van der Waals surface area contributed by atoms with Gasteiger partial charge >= 0.3 is 5.97 Å². The number of carbonyl (C=O) groups excluding carboxylic acids is 1. The number of aromatic nitrogens is 1. The summed E-state index contributed by atoms with van der Waals surface area (Å²) in [5.41, 5.74) is 1.94. The first-order chi connectivity index (χ1) is 9.72. The molecular weight excluding hydrogens is 274 g/mol. The van der Waals surface area contributed by atoms with Gasteiger partial charge in [0.25, 0.3) is 0 Å². The van der Waals surface area contributed by atoms with Crippen LogP contribution in [-0.2, 0) is 16.0 Å². The van der Waals surface area contributed by atoms with Crippen LogP contribution in [0.4, 0.5) is 0 Å². The molecule has 0 atom stereocenters. The second-order valence-corrected chi connectivity index (χ2v) is 5.04. The molecule has 0 spiro atoms. The highest BCUT2D eigenvalue weighted by atomic mass is 32.1. The van der Waals surface area contributed by atoms with Crippen LogP contribution in [0.1, 0.15) is 19.0 Å². The molecule has 0 unspecified atom stereocenters. The summed E-state index contributed by atoms with van der Waals surface area (Å²) in [6.07, 6.45) is 0.981. The maximum absolute atomic E-state index is 11.3. The van der Waals surface area contributed by atoms with Gasteiger partial charge in [0, 0.05) is 17.4 Å². The molecule has 2 rings (SSSR count). The van der Waals surface area contributed by atoms with Crippen LogP contribution in [0.2, 0.25) is 0 Å². The minimum atomic E-state index is -0.177. The number of rotatable bonds is 6. The Bertz CT molecular complexity index is 580. The second kappa shape index (κ2) is 7.05. The lowest BCUT2D eigenvalue weighted by molar-refractivity contribution is -0.143. The maximum Gasteiger partial charge on any atom is 0.306 e. The van der Waals surface area contributed by atoms with Crippen molar-refractivity contribution >= 4 is 17.3 Å². The largest absolute Gasteiger partial charge is 0.497 e. The molecule has 0 aliphatic heterocycles. The topological polar surface area (TPSA) is 48.4 Å². The predicted molar refractivity (Wildman–Crippen MR) is 79.1 cm³/mol. The molecule has 0 N–H and O–H groups in total. The van der Waals surface area contributed by atoms with Gasteiger partial charge in [0.05, 0.1) is 25.8 Å². The number of aryl methyl sites for hydroxylation is 1. The monoisotopic (exact) mass is 291 g/mol. The Hall–Kier alpha value is -1.88. The molecule has 4 nitrogen and oxygen atoms in total. The Labute approximate surface area is 122 Å². The van der Waals surface area contributed by atoms with Crippen molar-refractivity contribution in [2.45, 2.75) is 19.8 Å². The Morgan fingerprint density at radius 1 is 1.40 bits per heavy atom. The van der Waals surface area contributed by atoms with Crippen molar-refractivity contribution < 1.29 is 14.3 Å². The summed E-state index contributed by atoms with van der Waals surface area (Å²) in [6.45, 7) is 2.23. The number of esters is 1. The Morgan fingerprint density at radius 2 is 2.25 bits per heavy atom. The lowest BCUT2D eigenvalue weighted by Crippen LogP contribution is -2.05. The predicted octanol–water partition coefficient (Wildman–Crippen LogP) is 3.31. The molecule has 0 radical (unpaired) electrons. The number of thiazole rings is 1. The molecule has 0 amide bonds. The Morgan fingerprint density at radius 3 is 3.00 bits per heavy atom. The standard InChI is InChI=1S/C15H17NO3S/c1-3-19-14(17)8-7-12-10-20-15(16-12)11-5-4-6-13(9-11)18-2/h4-6,9-10H,3,7-8H2,1-2H3. The zero-order valence-electron chi connectivity index (χ0n) is 11.6. The molecule has 1 aromatic carbocycles. The zero-order chi connectivity index (χ0) is 14.4. The fraction of sp³-hybridized carbons (Fsp3) is 0.333. The molecule has 0 aliphatic rings. The Balaban J connectivity index is 2.03. The van der Waals surface area contributed by atoms with Gasteiger partial charge in [0.15, 0.2) is 0 Å². The van der Waals surface area contributed by atoms with Gasteiger partial charge in [-0.25, -0.2) is 4.98 Å². The van der Waals surface area contributed by atoms with Gasteiger partial charge in [0.1, 0.15) is 10.8 Å². The van der Waals surface area contributed by atoms with Crippen LogP contribution in [-0.4, -0.2) is 24.7 Å². The van der Waals surface area contributed by atoms with E-state index >= 15 is 0 Å². The van der Waals surface area contributed by atoms with E-state index in [2.05, 4.69) is 4.98 Å². The number of methoxy groups -OCH3 is 1. The maximum atomic E-state index is 11.3. The fourth-order valence-electron chi connectivity index (χ4n) is 1.77. The van der Waals surface area contributed by atoms with Crippen LogP contribution in [0, 0.1) is 0 Å². The second-order valence-electron chi connectivity index (χ2n) is 4.18. The van der Waals surface area contributed by atoms with Crippen molar-refractivity contribution in [3.63, 3.8) is 0 Å². The zero-order valence-corrected chi connectivity index (χ0v) is 12.4.